The van der Waals surface area contributed by atoms with Crippen LogP contribution in [0, 0.1) is 6.92 Å². The summed E-state index contributed by atoms with van der Waals surface area (Å²) in [7, 11) is 3.34. The highest BCUT2D eigenvalue weighted by molar-refractivity contribution is 5.48. The van der Waals surface area contributed by atoms with Gasteiger partial charge in [0.2, 0.25) is 0 Å². The number of benzene rings is 1. The van der Waals surface area contributed by atoms with Crippen molar-refractivity contribution in [3.63, 3.8) is 0 Å². The summed E-state index contributed by atoms with van der Waals surface area (Å²) in [6.07, 6.45) is 0.812. The molecule has 0 aliphatic heterocycles. The predicted octanol–water partition coefficient (Wildman–Crippen LogP) is 1.51. The fraction of sp³-hybridized carbons (Fsp3) is 0.455. The van der Waals surface area contributed by atoms with Crippen molar-refractivity contribution < 1.29 is 9.47 Å². The number of nitrogens with two attached hydrogens (primary N) is 1. The second-order valence-corrected chi connectivity index (χ2v) is 3.11. The molecule has 0 aromatic heterocycles. The lowest BCUT2D eigenvalue weighted by molar-refractivity contribution is 0.396. The third-order valence-corrected chi connectivity index (χ3v) is 2.34. The van der Waals surface area contributed by atoms with Crippen molar-refractivity contribution in [3.05, 3.63) is 23.3 Å². The summed E-state index contributed by atoms with van der Waals surface area (Å²) < 4.78 is 10.5. The third kappa shape index (κ3) is 1.99. The second-order valence-electron chi connectivity index (χ2n) is 3.11. The number of hydrogen-bond acceptors (Lipinski definition) is 3. The van der Waals surface area contributed by atoms with E-state index in [1.54, 1.807) is 14.2 Å². The number of ether oxygens (including phenoxy) is 2. The topological polar surface area (TPSA) is 44.5 Å². The Balaban J connectivity index is 3.16. The SMILES string of the molecule is COc1ccc(OC)c(CCN)c1C. The average Bonchev–Trinajstić information content (AvgIpc) is 2.21. The molecule has 0 heterocycles. The van der Waals surface area contributed by atoms with Gasteiger partial charge in [-0.2, -0.15) is 0 Å². The molecule has 3 nitrogen and oxygen atoms in total. The van der Waals surface area contributed by atoms with Crippen LogP contribution in [0.5, 0.6) is 11.5 Å². The monoisotopic (exact) mass is 195 g/mol. The summed E-state index contributed by atoms with van der Waals surface area (Å²) >= 11 is 0. The van der Waals surface area contributed by atoms with Gasteiger partial charge in [0.05, 0.1) is 14.2 Å². The first-order valence-electron chi connectivity index (χ1n) is 4.65. The Bertz CT molecular complexity index is 310. The summed E-state index contributed by atoms with van der Waals surface area (Å²) in [6.45, 7) is 2.64. The standard InChI is InChI=1S/C11H17NO2/c1-8-9(6-7-12)11(14-3)5-4-10(8)13-2/h4-5H,6-7,12H2,1-3H3. The molecule has 14 heavy (non-hydrogen) atoms. The van der Waals surface area contributed by atoms with Crippen molar-refractivity contribution in [2.75, 3.05) is 20.8 Å². The molecule has 1 rings (SSSR count). The lowest BCUT2D eigenvalue weighted by Gasteiger charge is -2.13. The van der Waals surface area contributed by atoms with Crippen LogP contribution in [-0.4, -0.2) is 20.8 Å². The minimum absolute atomic E-state index is 0.615. The molecule has 0 saturated carbocycles. The van der Waals surface area contributed by atoms with Gasteiger partial charge in [-0.1, -0.05) is 0 Å². The molecule has 1 aromatic rings. The zero-order valence-corrected chi connectivity index (χ0v) is 8.96. The highest BCUT2D eigenvalue weighted by atomic mass is 16.5. The van der Waals surface area contributed by atoms with Crippen molar-refractivity contribution in [2.45, 2.75) is 13.3 Å². The van der Waals surface area contributed by atoms with Gasteiger partial charge >= 0.3 is 0 Å². The van der Waals surface area contributed by atoms with Crippen LogP contribution in [0.4, 0.5) is 0 Å². The van der Waals surface area contributed by atoms with E-state index in [4.69, 9.17) is 15.2 Å². The van der Waals surface area contributed by atoms with Crippen molar-refractivity contribution in [1.29, 1.82) is 0 Å². The molecule has 78 valence electrons. The lowest BCUT2D eigenvalue weighted by atomic mass is 10.0. The zero-order chi connectivity index (χ0) is 10.6. The number of hydrogen-bond donors (Lipinski definition) is 1. The smallest absolute Gasteiger partial charge is 0.122 e. The average molecular weight is 195 g/mol. The fourth-order valence-electron chi connectivity index (χ4n) is 1.58. The first kappa shape index (κ1) is 10.9. The minimum Gasteiger partial charge on any atom is -0.496 e. The zero-order valence-electron chi connectivity index (χ0n) is 8.96. The normalized spacial score (nSPS) is 10.0. The Morgan fingerprint density at radius 1 is 1.14 bits per heavy atom. The van der Waals surface area contributed by atoms with Gasteiger partial charge in [0.25, 0.3) is 0 Å². The summed E-state index contributed by atoms with van der Waals surface area (Å²) in [5.74, 6) is 1.77. The molecule has 0 fully saturated rings. The van der Waals surface area contributed by atoms with Crippen LogP contribution in [0.2, 0.25) is 0 Å². The van der Waals surface area contributed by atoms with Crippen molar-refractivity contribution >= 4 is 0 Å². The Morgan fingerprint density at radius 3 is 2.21 bits per heavy atom. The van der Waals surface area contributed by atoms with E-state index in [9.17, 15) is 0 Å². The van der Waals surface area contributed by atoms with Crippen LogP contribution in [0.1, 0.15) is 11.1 Å². The quantitative estimate of drug-likeness (QED) is 0.792. The highest BCUT2D eigenvalue weighted by Crippen LogP contribution is 2.29. The van der Waals surface area contributed by atoms with E-state index in [-0.39, 0.29) is 0 Å². The van der Waals surface area contributed by atoms with Crippen LogP contribution in [0.15, 0.2) is 12.1 Å². The molecule has 3 heteroatoms. The van der Waals surface area contributed by atoms with Crippen molar-refractivity contribution in [3.8, 4) is 11.5 Å². The van der Waals surface area contributed by atoms with Gasteiger partial charge in [-0.05, 0) is 37.6 Å². The Kier molecular flexibility index (Phi) is 3.77. The van der Waals surface area contributed by atoms with E-state index >= 15 is 0 Å². The summed E-state index contributed by atoms with van der Waals surface area (Å²) in [6, 6.07) is 3.82. The minimum atomic E-state index is 0.615. The molecule has 0 unspecified atom stereocenters. The van der Waals surface area contributed by atoms with Gasteiger partial charge in [0.15, 0.2) is 0 Å². The number of methoxy groups -OCH3 is 2. The Morgan fingerprint density at radius 2 is 1.71 bits per heavy atom. The van der Waals surface area contributed by atoms with E-state index in [0.717, 1.165) is 29.0 Å². The molecular weight excluding hydrogens is 178 g/mol. The summed E-state index contributed by atoms with van der Waals surface area (Å²) in [4.78, 5) is 0. The fourth-order valence-corrected chi connectivity index (χ4v) is 1.58. The van der Waals surface area contributed by atoms with Crippen LogP contribution in [0.25, 0.3) is 0 Å². The Hall–Kier alpha value is -1.22. The van der Waals surface area contributed by atoms with Crippen LogP contribution >= 0.6 is 0 Å². The first-order chi connectivity index (χ1) is 6.74. The highest BCUT2D eigenvalue weighted by Gasteiger charge is 2.09. The maximum Gasteiger partial charge on any atom is 0.122 e. The van der Waals surface area contributed by atoms with E-state index < -0.39 is 0 Å². The van der Waals surface area contributed by atoms with Crippen molar-refractivity contribution in [1.82, 2.24) is 0 Å². The lowest BCUT2D eigenvalue weighted by Crippen LogP contribution is -2.06. The summed E-state index contributed by atoms with van der Waals surface area (Å²) in [5, 5.41) is 0. The molecule has 2 N–H and O–H groups in total. The van der Waals surface area contributed by atoms with Gasteiger partial charge in [-0.15, -0.1) is 0 Å². The third-order valence-electron chi connectivity index (χ3n) is 2.34. The van der Waals surface area contributed by atoms with E-state index in [0.29, 0.717) is 6.54 Å². The van der Waals surface area contributed by atoms with Gasteiger partial charge in [-0.25, -0.2) is 0 Å². The van der Waals surface area contributed by atoms with E-state index in [1.807, 2.05) is 19.1 Å². The molecule has 1 aromatic carbocycles. The van der Waals surface area contributed by atoms with Crippen LogP contribution in [-0.2, 0) is 6.42 Å². The Labute approximate surface area is 84.8 Å². The molecule has 0 amide bonds. The maximum absolute atomic E-state index is 5.55. The molecule has 0 spiro atoms. The molecule has 0 radical (unpaired) electrons. The molecule has 0 atom stereocenters. The first-order valence-corrected chi connectivity index (χ1v) is 4.65. The van der Waals surface area contributed by atoms with E-state index in [1.165, 1.54) is 0 Å². The molecule has 0 bridgehead atoms. The maximum atomic E-state index is 5.55. The largest absolute Gasteiger partial charge is 0.496 e. The molecule has 0 saturated heterocycles. The molecule has 0 aliphatic rings. The molecule has 0 aliphatic carbocycles. The van der Waals surface area contributed by atoms with Gasteiger partial charge in [-0.3, -0.25) is 0 Å². The van der Waals surface area contributed by atoms with Gasteiger partial charge < -0.3 is 15.2 Å². The van der Waals surface area contributed by atoms with Crippen molar-refractivity contribution in [2.24, 2.45) is 5.73 Å². The second kappa shape index (κ2) is 4.86. The number of rotatable bonds is 4. The van der Waals surface area contributed by atoms with Crippen LogP contribution < -0.4 is 15.2 Å². The van der Waals surface area contributed by atoms with Gasteiger partial charge in [0, 0.05) is 5.56 Å². The van der Waals surface area contributed by atoms with Gasteiger partial charge in [0.1, 0.15) is 11.5 Å². The summed E-state index contributed by atoms with van der Waals surface area (Å²) in [5.41, 5.74) is 7.79. The molecular formula is C11H17NO2. The van der Waals surface area contributed by atoms with Crippen LogP contribution in [0.3, 0.4) is 0 Å². The predicted molar refractivity (Wildman–Crippen MR) is 57.0 cm³/mol. The van der Waals surface area contributed by atoms with E-state index in [2.05, 4.69) is 0 Å².